The molecule has 4 nitrogen and oxygen atoms in total. The minimum atomic E-state index is -0.398. The number of rotatable bonds is 5. The summed E-state index contributed by atoms with van der Waals surface area (Å²) in [6.07, 6.45) is 3.26. The lowest BCUT2D eigenvalue weighted by Crippen LogP contribution is -2.41. The first-order valence-electron chi connectivity index (χ1n) is 6.97. The number of hydrogen-bond donors (Lipinski definition) is 1. The molecule has 4 heteroatoms. The van der Waals surface area contributed by atoms with E-state index < -0.39 is 6.09 Å². The maximum absolute atomic E-state index is 11.8. The highest BCUT2D eigenvalue weighted by Crippen LogP contribution is 2.19. The Hall–Kier alpha value is -1.81. The van der Waals surface area contributed by atoms with Crippen LogP contribution in [0.4, 0.5) is 4.79 Å². The molecule has 2 rings (SSSR count). The molecule has 1 saturated heterocycles. The molecule has 0 bridgehead atoms. The van der Waals surface area contributed by atoms with Crippen molar-refractivity contribution in [3.8, 4) is 0 Å². The Morgan fingerprint density at radius 2 is 2.10 bits per heavy atom. The Morgan fingerprint density at radius 3 is 2.75 bits per heavy atom. The second-order valence-electron chi connectivity index (χ2n) is 4.92. The van der Waals surface area contributed by atoms with Crippen molar-refractivity contribution in [1.82, 2.24) is 5.32 Å². The predicted molar refractivity (Wildman–Crippen MR) is 77.3 cm³/mol. The second kappa shape index (κ2) is 7.70. The summed E-state index contributed by atoms with van der Waals surface area (Å²) < 4.78 is 10.5. The summed E-state index contributed by atoms with van der Waals surface area (Å²) in [4.78, 5) is 11.8. The van der Waals surface area contributed by atoms with Gasteiger partial charge < -0.3 is 14.8 Å². The predicted octanol–water partition coefficient (Wildman–Crippen LogP) is 2.89. The molecule has 1 aliphatic rings. The van der Waals surface area contributed by atoms with Gasteiger partial charge in [-0.2, -0.15) is 0 Å². The fourth-order valence-corrected chi connectivity index (χ4v) is 2.35. The van der Waals surface area contributed by atoms with Gasteiger partial charge in [-0.1, -0.05) is 36.4 Å². The Bertz CT molecular complexity index is 427. The second-order valence-corrected chi connectivity index (χ2v) is 4.92. The van der Waals surface area contributed by atoms with Gasteiger partial charge in [-0.15, -0.1) is 6.58 Å². The lowest BCUT2D eigenvalue weighted by molar-refractivity contribution is 0.0573. The van der Waals surface area contributed by atoms with Crippen molar-refractivity contribution in [2.75, 3.05) is 13.2 Å². The highest BCUT2D eigenvalue weighted by Gasteiger charge is 2.23. The quantitative estimate of drug-likeness (QED) is 0.841. The van der Waals surface area contributed by atoms with E-state index in [0.29, 0.717) is 5.92 Å². The van der Waals surface area contributed by atoms with Crippen molar-refractivity contribution in [3.63, 3.8) is 0 Å². The molecule has 1 N–H and O–H groups in total. The number of carbonyl (C=O) groups excluding carboxylic acids is 1. The summed E-state index contributed by atoms with van der Waals surface area (Å²) in [6, 6.07) is 9.58. The van der Waals surface area contributed by atoms with Crippen molar-refractivity contribution in [2.24, 2.45) is 5.92 Å². The van der Waals surface area contributed by atoms with Crippen LogP contribution in [0.15, 0.2) is 43.0 Å². The first-order valence-corrected chi connectivity index (χ1v) is 6.97. The van der Waals surface area contributed by atoms with Gasteiger partial charge in [0.15, 0.2) is 0 Å². The van der Waals surface area contributed by atoms with Crippen LogP contribution in [0, 0.1) is 5.92 Å². The van der Waals surface area contributed by atoms with Crippen LogP contribution < -0.4 is 5.32 Å². The van der Waals surface area contributed by atoms with Crippen LogP contribution in [-0.2, 0) is 16.1 Å². The number of alkyl carbamates (subject to hydrolysis) is 1. The summed E-state index contributed by atoms with van der Waals surface area (Å²) in [5.41, 5.74) is 0.976. The number of benzene rings is 1. The molecule has 1 heterocycles. The Balaban J connectivity index is 1.78. The number of hydrogen-bond acceptors (Lipinski definition) is 3. The van der Waals surface area contributed by atoms with Crippen molar-refractivity contribution in [1.29, 1.82) is 0 Å². The first kappa shape index (κ1) is 14.6. The largest absolute Gasteiger partial charge is 0.445 e. The van der Waals surface area contributed by atoms with Crippen LogP contribution in [0.25, 0.3) is 0 Å². The Morgan fingerprint density at radius 1 is 1.40 bits per heavy atom. The summed E-state index contributed by atoms with van der Waals surface area (Å²) in [6.45, 7) is 5.57. The van der Waals surface area contributed by atoms with Crippen LogP contribution in [0.3, 0.4) is 0 Å². The van der Waals surface area contributed by atoms with Crippen molar-refractivity contribution in [2.45, 2.75) is 25.5 Å². The molecule has 1 amide bonds. The van der Waals surface area contributed by atoms with Crippen molar-refractivity contribution < 1.29 is 14.3 Å². The summed E-state index contributed by atoms with van der Waals surface area (Å²) in [7, 11) is 0. The van der Waals surface area contributed by atoms with E-state index in [9.17, 15) is 4.79 Å². The molecule has 20 heavy (non-hydrogen) atoms. The first-order chi connectivity index (χ1) is 9.79. The van der Waals surface area contributed by atoms with E-state index in [1.165, 1.54) is 0 Å². The molecule has 1 unspecified atom stereocenters. The third-order valence-electron chi connectivity index (χ3n) is 3.53. The SMILES string of the molecule is C=CC(NC(=O)OCc1ccccc1)C1CCOCC1. The molecule has 1 aromatic rings. The van der Waals surface area contributed by atoms with Crippen LogP contribution in [0.1, 0.15) is 18.4 Å². The molecule has 0 aromatic heterocycles. The van der Waals surface area contributed by atoms with Crippen LogP contribution in [0.2, 0.25) is 0 Å². The third kappa shape index (κ3) is 4.38. The molecule has 0 aliphatic carbocycles. The summed E-state index contributed by atoms with van der Waals surface area (Å²) >= 11 is 0. The van der Waals surface area contributed by atoms with Crippen molar-refractivity contribution in [3.05, 3.63) is 48.6 Å². The lowest BCUT2D eigenvalue weighted by Gasteiger charge is -2.28. The van der Waals surface area contributed by atoms with Crippen LogP contribution in [0.5, 0.6) is 0 Å². The van der Waals surface area contributed by atoms with E-state index in [1.54, 1.807) is 6.08 Å². The minimum Gasteiger partial charge on any atom is -0.445 e. The molecule has 1 aliphatic heterocycles. The summed E-state index contributed by atoms with van der Waals surface area (Å²) in [5.74, 6) is 0.380. The van der Waals surface area contributed by atoms with E-state index in [2.05, 4.69) is 11.9 Å². The fourth-order valence-electron chi connectivity index (χ4n) is 2.35. The monoisotopic (exact) mass is 275 g/mol. The number of carbonyl (C=O) groups is 1. The van der Waals surface area contributed by atoms with E-state index in [4.69, 9.17) is 9.47 Å². The van der Waals surface area contributed by atoms with Gasteiger partial charge in [0, 0.05) is 13.2 Å². The number of nitrogens with one attached hydrogen (secondary N) is 1. The molecule has 1 fully saturated rings. The molecule has 0 spiro atoms. The van der Waals surface area contributed by atoms with Gasteiger partial charge in [-0.3, -0.25) is 0 Å². The normalized spacial score (nSPS) is 17.2. The number of ether oxygens (including phenoxy) is 2. The zero-order valence-electron chi connectivity index (χ0n) is 11.6. The Labute approximate surface area is 119 Å². The van der Waals surface area contributed by atoms with Gasteiger partial charge in [0.05, 0.1) is 6.04 Å². The van der Waals surface area contributed by atoms with E-state index in [1.807, 2.05) is 30.3 Å². The molecular formula is C16H21NO3. The van der Waals surface area contributed by atoms with Gasteiger partial charge in [-0.05, 0) is 24.3 Å². The average molecular weight is 275 g/mol. The zero-order valence-corrected chi connectivity index (χ0v) is 11.6. The molecular weight excluding hydrogens is 254 g/mol. The van der Waals surface area contributed by atoms with Gasteiger partial charge >= 0.3 is 6.09 Å². The van der Waals surface area contributed by atoms with Gasteiger partial charge in [0.1, 0.15) is 6.61 Å². The lowest BCUT2D eigenvalue weighted by atomic mass is 9.92. The Kier molecular flexibility index (Phi) is 5.62. The maximum Gasteiger partial charge on any atom is 0.407 e. The molecule has 0 saturated carbocycles. The van der Waals surface area contributed by atoms with Crippen molar-refractivity contribution >= 4 is 6.09 Å². The smallest absolute Gasteiger partial charge is 0.407 e. The van der Waals surface area contributed by atoms with Gasteiger partial charge in [0.25, 0.3) is 0 Å². The van der Waals surface area contributed by atoms with E-state index in [-0.39, 0.29) is 12.6 Å². The number of amides is 1. The van der Waals surface area contributed by atoms with Gasteiger partial charge in [0.2, 0.25) is 0 Å². The zero-order chi connectivity index (χ0) is 14.2. The standard InChI is InChI=1S/C16H21NO3/c1-2-15(14-8-10-19-11-9-14)17-16(18)20-12-13-6-4-3-5-7-13/h2-7,14-15H,1,8-12H2,(H,17,18). The molecule has 1 aromatic carbocycles. The average Bonchev–Trinajstić information content (AvgIpc) is 2.52. The minimum absolute atomic E-state index is 0.0535. The fraction of sp³-hybridized carbons (Fsp3) is 0.438. The third-order valence-corrected chi connectivity index (χ3v) is 3.53. The highest BCUT2D eigenvalue weighted by molar-refractivity contribution is 5.68. The topological polar surface area (TPSA) is 47.6 Å². The molecule has 0 radical (unpaired) electrons. The molecule has 1 atom stereocenters. The maximum atomic E-state index is 11.8. The highest BCUT2D eigenvalue weighted by atomic mass is 16.5. The van der Waals surface area contributed by atoms with E-state index in [0.717, 1.165) is 31.6 Å². The van der Waals surface area contributed by atoms with Gasteiger partial charge in [-0.25, -0.2) is 4.79 Å². The molecule has 108 valence electrons. The van der Waals surface area contributed by atoms with E-state index >= 15 is 0 Å². The van der Waals surface area contributed by atoms with Crippen LogP contribution >= 0.6 is 0 Å². The van der Waals surface area contributed by atoms with Crippen LogP contribution in [-0.4, -0.2) is 25.3 Å². The summed E-state index contributed by atoms with van der Waals surface area (Å²) in [5, 5.41) is 2.87.